The van der Waals surface area contributed by atoms with E-state index in [4.69, 9.17) is 5.73 Å². The molecule has 2 aromatic heterocycles. The van der Waals surface area contributed by atoms with Crippen LogP contribution < -0.4 is 5.73 Å². The average Bonchev–Trinajstić information content (AvgIpc) is 2.83. The summed E-state index contributed by atoms with van der Waals surface area (Å²) in [6.07, 6.45) is 1.82. The summed E-state index contributed by atoms with van der Waals surface area (Å²) >= 11 is 5.27. The molecule has 0 aliphatic carbocycles. The minimum absolute atomic E-state index is 0.118. The second-order valence-electron chi connectivity index (χ2n) is 4.34. The van der Waals surface area contributed by atoms with Gasteiger partial charge in [0, 0.05) is 15.8 Å². The van der Waals surface area contributed by atoms with E-state index in [1.165, 1.54) is 9.75 Å². The van der Waals surface area contributed by atoms with Crippen molar-refractivity contribution >= 4 is 27.3 Å². The first-order valence-electron chi connectivity index (χ1n) is 5.55. The smallest absolute Gasteiger partial charge is 0.0828 e. The lowest BCUT2D eigenvalue weighted by Gasteiger charge is -2.16. The van der Waals surface area contributed by atoms with Crippen molar-refractivity contribution in [3.8, 4) is 0 Å². The van der Waals surface area contributed by atoms with Crippen molar-refractivity contribution in [3.05, 3.63) is 38.3 Å². The van der Waals surface area contributed by atoms with Gasteiger partial charge in [-0.1, -0.05) is 0 Å². The number of aromatic nitrogens is 2. The van der Waals surface area contributed by atoms with Gasteiger partial charge in [0.15, 0.2) is 0 Å². The van der Waals surface area contributed by atoms with Crippen molar-refractivity contribution in [2.45, 2.75) is 32.9 Å². The molecule has 0 aliphatic heterocycles. The van der Waals surface area contributed by atoms with Gasteiger partial charge in [-0.2, -0.15) is 5.10 Å². The van der Waals surface area contributed by atoms with Gasteiger partial charge in [0.2, 0.25) is 0 Å². The van der Waals surface area contributed by atoms with E-state index in [9.17, 15) is 0 Å². The number of hydrogen-bond acceptors (Lipinski definition) is 3. The Labute approximate surface area is 114 Å². The van der Waals surface area contributed by atoms with Crippen LogP contribution in [0, 0.1) is 6.92 Å². The monoisotopic (exact) mass is 313 g/mol. The zero-order chi connectivity index (χ0) is 12.6. The van der Waals surface area contributed by atoms with Crippen LogP contribution in [0.3, 0.4) is 0 Å². The molecule has 0 saturated carbocycles. The number of hydrogen-bond donors (Lipinski definition) is 1. The van der Waals surface area contributed by atoms with E-state index in [-0.39, 0.29) is 6.04 Å². The minimum Gasteiger partial charge on any atom is -0.318 e. The van der Waals surface area contributed by atoms with Crippen molar-refractivity contribution in [2.24, 2.45) is 5.73 Å². The third-order valence-corrected chi connectivity index (χ3v) is 4.33. The lowest BCUT2D eigenvalue weighted by Crippen LogP contribution is -2.18. The Morgan fingerprint density at radius 1 is 1.41 bits per heavy atom. The van der Waals surface area contributed by atoms with E-state index in [0.717, 1.165) is 10.2 Å². The van der Waals surface area contributed by atoms with Gasteiger partial charge in [0.1, 0.15) is 0 Å². The SMILES string of the molecule is Cc1ccc(C(N)c2c(Br)cnn2C(C)C)s1. The van der Waals surface area contributed by atoms with Crippen molar-refractivity contribution < 1.29 is 0 Å². The maximum atomic E-state index is 6.33. The quantitative estimate of drug-likeness (QED) is 0.940. The van der Waals surface area contributed by atoms with Gasteiger partial charge >= 0.3 is 0 Å². The number of thiophene rings is 1. The van der Waals surface area contributed by atoms with Gasteiger partial charge in [-0.15, -0.1) is 11.3 Å². The number of aryl methyl sites for hydroxylation is 1. The molecular weight excluding hydrogens is 298 g/mol. The van der Waals surface area contributed by atoms with Gasteiger partial charge in [0.05, 0.1) is 22.4 Å². The predicted molar refractivity (Wildman–Crippen MR) is 75.4 cm³/mol. The first-order chi connectivity index (χ1) is 8.00. The molecule has 3 nitrogen and oxygen atoms in total. The van der Waals surface area contributed by atoms with Gasteiger partial charge in [-0.3, -0.25) is 4.68 Å². The fourth-order valence-corrected chi connectivity index (χ4v) is 3.21. The first kappa shape index (κ1) is 12.8. The van der Waals surface area contributed by atoms with E-state index in [2.05, 4.69) is 53.9 Å². The van der Waals surface area contributed by atoms with Crippen LogP contribution in [0.25, 0.3) is 0 Å². The van der Waals surface area contributed by atoms with Gasteiger partial charge in [-0.25, -0.2) is 0 Å². The number of nitrogens with zero attached hydrogens (tertiary/aromatic N) is 2. The fourth-order valence-electron chi connectivity index (χ4n) is 1.81. The van der Waals surface area contributed by atoms with Crippen LogP contribution in [0.5, 0.6) is 0 Å². The molecule has 5 heteroatoms. The van der Waals surface area contributed by atoms with E-state index >= 15 is 0 Å². The Balaban J connectivity index is 2.43. The molecule has 2 N–H and O–H groups in total. The highest BCUT2D eigenvalue weighted by molar-refractivity contribution is 9.10. The molecule has 2 heterocycles. The summed E-state index contributed by atoms with van der Waals surface area (Å²) in [5.41, 5.74) is 7.38. The first-order valence-corrected chi connectivity index (χ1v) is 7.16. The van der Waals surface area contributed by atoms with E-state index in [0.29, 0.717) is 6.04 Å². The van der Waals surface area contributed by atoms with Crippen LogP contribution in [-0.2, 0) is 0 Å². The number of nitrogens with two attached hydrogens (primary N) is 1. The average molecular weight is 314 g/mol. The molecule has 1 unspecified atom stereocenters. The molecule has 0 saturated heterocycles. The van der Waals surface area contributed by atoms with Crippen LogP contribution in [0.2, 0.25) is 0 Å². The van der Waals surface area contributed by atoms with Gasteiger partial charge in [0.25, 0.3) is 0 Å². The molecule has 0 radical (unpaired) electrons. The second kappa shape index (κ2) is 4.92. The Bertz CT molecular complexity index is 516. The number of rotatable bonds is 3. The summed E-state index contributed by atoms with van der Waals surface area (Å²) in [5, 5.41) is 4.36. The van der Waals surface area contributed by atoms with Crippen molar-refractivity contribution in [3.63, 3.8) is 0 Å². The Hall–Kier alpha value is -0.650. The molecular formula is C12H16BrN3S. The summed E-state index contributed by atoms with van der Waals surface area (Å²) in [7, 11) is 0. The molecule has 1 atom stereocenters. The van der Waals surface area contributed by atoms with Crippen LogP contribution in [0.15, 0.2) is 22.8 Å². The zero-order valence-corrected chi connectivity index (χ0v) is 12.5. The highest BCUT2D eigenvalue weighted by Gasteiger charge is 2.20. The lowest BCUT2D eigenvalue weighted by atomic mass is 10.2. The molecule has 0 amide bonds. The van der Waals surface area contributed by atoms with Gasteiger partial charge in [-0.05, 0) is 48.8 Å². The second-order valence-corrected chi connectivity index (χ2v) is 6.52. The summed E-state index contributed by atoms with van der Waals surface area (Å²) in [5.74, 6) is 0. The molecule has 0 aromatic carbocycles. The molecule has 92 valence electrons. The summed E-state index contributed by atoms with van der Waals surface area (Å²) in [6.45, 7) is 6.31. The van der Waals surface area contributed by atoms with Crippen molar-refractivity contribution in [1.29, 1.82) is 0 Å². The maximum Gasteiger partial charge on any atom is 0.0828 e. The van der Waals surface area contributed by atoms with Crippen LogP contribution in [0.1, 0.15) is 41.4 Å². The minimum atomic E-state index is -0.118. The summed E-state index contributed by atoms with van der Waals surface area (Å²) < 4.78 is 2.95. The summed E-state index contributed by atoms with van der Waals surface area (Å²) in [6, 6.07) is 4.38. The Kier molecular flexibility index (Phi) is 3.70. The Morgan fingerprint density at radius 3 is 2.65 bits per heavy atom. The fraction of sp³-hybridized carbons (Fsp3) is 0.417. The van der Waals surface area contributed by atoms with E-state index < -0.39 is 0 Å². The molecule has 2 aromatic rings. The van der Waals surface area contributed by atoms with Crippen LogP contribution >= 0.6 is 27.3 Å². The molecule has 0 aliphatic rings. The Morgan fingerprint density at radius 2 is 2.12 bits per heavy atom. The molecule has 0 bridgehead atoms. The normalized spacial score (nSPS) is 13.3. The largest absolute Gasteiger partial charge is 0.318 e. The maximum absolute atomic E-state index is 6.33. The zero-order valence-electron chi connectivity index (χ0n) is 10.1. The molecule has 0 fully saturated rings. The van der Waals surface area contributed by atoms with Gasteiger partial charge < -0.3 is 5.73 Å². The van der Waals surface area contributed by atoms with Crippen molar-refractivity contribution in [2.75, 3.05) is 0 Å². The van der Waals surface area contributed by atoms with E-state index in [1.54, 1.807) is 11.3 Å². The van der Waals surface area contributed by atoms with Crippen LogP contribution in [-0.4, -0.2) is 9.78 Å². The molecule has 17 heavy (non-hydrogen) atoms. The highest BCUT2D eigenvalue weighted by Crippen LogP contribution is 2.31. The van der Waals surface area contributed by atoms with Crippen LogP contribution in [0.4, 0.5) is 0 Å². The molecule has 0 spiro atoms. The lowest BCUT2D eigenvalue weighted by molar-refractivity contribution is 0.499. The predicted octanol–water partition coefficient (Wildman–Crippen LogP) is 3.64. The van der Waals surface area contributed by atoms with Crippen molar-refractivity contribution in [1.82, 2.24) is 9.78 Å². The third kappa shape index (κ3) is 2.46. The highest BCUT2D eigenvalue weighted by atomic mass is 79.9. The topological polar surface area (TPSA) is 43.8 Å². The standard InChI is InChI=1S/C12H16BrN3S/c1-7(2)16-12(9(13)6-15-16)11(14)10-5-4-8(3)17-10/h4-7,11H,14H2,1-3H3. The van der Waals surface area contributed by atoms with E-state index in [1.807, 2.05) is 10.9 Å². The number of halogens is 1. The summed E-state index contributed by atoms with van der Waals surface area (Å²) in [4.78, 5) is 2.45. The molecule has 2 rings (SSSR count). The third-order valence-electron chi connectivity index (χ3n) is 2.64.